The van der Waals surface area contributed by atoms with Crippen molar-refractivity contribution in [2.45, 2.75) is 23.8 Å². The SMILES string of the molecule is Cc1ccc(S(=O)(=O)N2C[C@@H](c3ccccc3)[C@H]2/C=C/c2ccccc2)cc1. The largest absolute Gasteiger partial charge is 0.243 e. The van der Waals surface area contributed by atoms with Crippen LogP contribution in [0.3, 0.4) is 0 Å². The van der Waals surface area contributed by atoms with E-state index in [4.69, 9.17) is 0 Å². The van der Waals surface area contributed by atoms with Crippen molar-refractivity contribution >= 4 is 16.1 Å². The molecule has 0 spiro atoms. The van der Waals surface area contributed by atoms with Crippen molar-refractivity contribution in [2.75, 3.05) is 6.54 Å². The number of hydrogen-bond donors (Lipinski definition) is 0. The minimum absolute atomic E-state index is 0.154. The molecule has 0 aromatic heterocycles. The lowest BCUT2D eigenvalue weighted by Crippen LogP contribution is -2.55. The van der Waals surface area contributed by atoms with Crippen molar-refractivity contribution in [2.24, 2.45) is 0 Å². The first kappa shape index (κ1) is 18.7. The Kier molecular flexibility index (Phi) is 5.16. The molecule has 1 saturated heterocycles. The Bertz CT molecular complexity index is 1060. The Morgan fingerprint density at radius 2 is 1.46 bits per heavy atom. The standard InChI is InChI=1S/C24H23NO2S/c1-19-12-15-22(16-13-19)28(26,27)25-18-23(21-10-6-3-7-11-21)24(25)17-14-20-8-4-2-5-9-20/h2-17,23-24H,18H2,1H3/b17-14+/t23-,24+/m0/s1. The van der Waals surface area contributed by atoms with Crippen LogP contribution < -0.4 is 0 Å². The molecule has 4 rings (SSSR count). The van der Waals surface area contributed by atoms with E-state index in [9.17, 15) is 8.42 Å². The summed E-state index contributed by atoms with van der Waals surface area (Å²) in [6.45, 7) is 2.45. The summed E-state index contributed by atoms with van der Waals surface area (Å²) in [4.78, 5) is 0.350. The molecule has 1 aliphatic heterocycles. The summed E-state index contributed by atoms with van der Waals surface area (Å²) in [5.74, 6) is 0.154. The molecule has 0 bridgehead atoms. The first-order valence-electron chi connectivity index (χ1n) is 9.42. The molecule has 28 heavy (non-hydrogen) atoms. The van der Waals surface area contributed by atoms with Crippen LogP contribution in [-0.2, 0) is 10.0 Å². The van der Waals surface area contributed by atoms with Gasteiger partial charge in [-0.3, -0.25) is 0 Å². The number of nitrogens with zero attached hydrogens (tertiary/aromatic N) is 1. The first-order valence-corrected chi connectivity index (χ1v) is 10.9. The third-order valence-electron chi connectivity index (χ3n) is 5.26. The molecule has 3 aromatic rings. The fourth-order valence-corrected chi connectivity index (χ4v) is 5.24. The van der Waals surface area contributed by atoms with Gasteiger partial charge >= 0.3 is 0 Å². The van der Waals surface area contributed by atoms with Gasteiger partial charge in [0.05, 0.1) is 10.9 Å². The average molecular weight is 390 g/mol. The summed E-state index contributed by atoms with van der Waals surface area (Å²) in [5, 5.41) is 0. The molecule has 3 nitrogen and oxygen atoms in total. The van der Waals surface area contributed by atoms with Crippen LogP contribution >= 0.6 is 0 Å². The van der Waals surface area contributed by atoms with Crippen LogP contribution in [0.1, 0.15) is 22.6 Å². The summed E-state index contributed by atoms with van der Waals surface area (Å²) in [7, 11) is -3.53. The first-order chi connectivity index (χ1) is 13.6. The van der Waals surface area contributed by atoms with E-state index in [0.717, 1.165) is 11.1 Å². The van der Waals surface area contributed by atoms with E-state index in [0.29, 0.717) is 11.4 Å². The van der Waals surface area contributed by atoms with Crippen LogP contribution in [0.4, 0.5) is 0 Å². The van der Waals surface area contributed by atoms with E-state index >= 15 is 0 Å². The molecule has 2 atom stereocenters. The maximum Gasteiger partial charge on any atom is 0.243 e. The van der Waals surface area contributed by atoms with Crippen LogP contribution in [0.15, 0.2) is 95.9 Å². The fourth-order valence-electron chi connectivity index (χ4n) is 3.60. The van der Waals surface area contributed by atoms with Gasteiger partial charge in [0, 0.05) is 12.5 Å². The molecule has 3 aromatic carbocycles. The van der Waals surface area contributed by atoms with Gasteiger partial charge < -0.3 is 0 Å². The van der Waals surface area contributed by atoms with Crippen LogP contribution in [-0.4, -0.2) is 25.3 Å². The Hall–Kier alpha value is -2.69. The molecule has 0 saturated carbocycles. The van der Waals surface area contributed by atoms with Crippen molar-refractivity contribution in [3.63, 3.8) is 0 Å². The highest BCUT2D eigenvalue weighted by Gasteiger charge is 2.45. The molecule has 0 unspecified atom stereocenters. The Morgan fingerprint density at radius 1 is 0.857 bits per heavy atom. The summed E-state index contributed by atoms with van der Waals surface area (Å²) >= 11 is 0. The van der Waals surface area contributed by atoms with E-state index in [-0.39, 0.29) is 12.0 Å². The highest BCUT2D eigenvalue weighted by molar-refractivity contribution is 7.89. The quantitative estimate of drug-likeness (QED) is 0.625. The van der Waals surface area contributed by atoms with Gasteiger partial charge in [0.25, 0.3) is 0 Å². The third-order valence-corrected chi connectivity index (χ3v) is 7.14. The van der Waals surface area contributed by atoms with Crippen molar-refractivity contribution in [1.29, 1.82) is 0 Å². The summed E-state index contributed by atoms with van der Waals surface area (Å²) in [6, 6.07) is 27.0. The zero-order valence-corrected chi connectivity index (χ0v) is 16.6. The molecular weight excluding hydrogens is 366 g/mol. The normalized spacial score (nSPS) is 20.2. The topological polar surface area (TPSA) is 37.4 Å². The van der Waals surface area contributed by atoms with Crippen LogP contribution in [0.5, 0.6) is 0 Å². The Labute approximate surface area is 167 Å². The average Bonchev–Trinajstić information content (AvgIpc) is 2.69. The second-order valence-corrected chi connectivity index (χ2v) is 9.06. The molecule has 142 valence electrons. The highest BCUT2D eigenvalue weighted by atomic mass is 32.2. The third kappa shape index (κ3) is 3.66. The molecule has 4 heteroatoms. The van der Waals surface area contributed by atoms with E-state index in [1.165, 1.54) is 5.56 Å². The Morgan fingerprint density at radius 3 is 2.11 bits per heavy atom. The van der Waals surface area contributed by atoms with Crippen molar-refractivity contribution in [1.82, 2.24) is 4.31 Å². The van der Waals surface area contributed by atoms with Gasteiger partial charge in [0.1, 0.15) is 0 Å². The van der Waals surface area contributed by atoms with Gasteiger partial charge in [0.15, 0.2) is 0 Å². The molecular formula is C24H23NO2S. The predicted octanol–water partition coefficient (Wildman–Crippen LogP) is 4.87. The van der Waals surface area contributed by atoms with Gasteiger partial charge in [-0.05, 0) is 30.2 Å². The van der Waals surface area contributed by atoms with Crippen LogP contribution in [0, 0.1) is 6.92 Å². The second-order valence-electron chi connectivity index (χ2n) is 7.17. The summed E-state index contributed by atoms with van der Waals surface area (Å²) in [6.07, 6.45) is 4.03. The Balaban J connectivity index is 1.66. The van der Waals surface area contributed by atoms with Gasteiger partial charge in [-0.2, -0.15) is 4.31 Å². The minimum Gasteiger partial charge on any atom is -0.207 e. The maximum atomic E-state index is 13.2. The van der Waals surface area contributed by atoms with E-state index in [1.807, 2.05) is 79.7 Å². The lowest BCUT2D eigenvalue weighted by atomic mass is 9.84. The molecule has 1 heterocycles. The zero-order chi connectivity index (χ0) is 19.6. The van der Waals surface area contributed by atoms with E-state index in [1.54, 1.807) is 16.4 Å². The smallest absolute Gasteiger partial charge is 0.207 e. The maximum absolute atomic E-state index is 13.2. The molecule has 0 N–H and O–H groups in total. The molecule has 1 fully saturated rings. The molecule has 0 aliphatic carbocycles. The molecule has 1 aliphatic rings. The second kappa shape index (κ2) is 7.74. The van der Waals surface area contributed by atoms with Crippen molar-refractivity contribution in [3.05, 3.63) is 108 Å². The van der Waals surface area contributed by atoms with Gasteiger partial charge in [-0.25, -0.2) is 8.42 Å². The van der Waals surface area contributed by atoms with E-state index < -0.39 is 10.0 Å². The van der Waals surface area contributed by atoms with Gasteiger partial charge in [-0.1, -0.05) is 90.5 Å². The summed E-state index contributed by atoms with van der Waals surface area (Å²) < 4.78 is 28.0. The highest BCUT2D eigenvalue weighted by Crippen LogP contribution is 2.39. The fraction of sp³-hybridized carbons (Fsp3) is 0.167. The van der Waals surface area contributed by atoms with Crippen LogP contribution in [0.25, 0.3) is 6.08 Å². The van der Waals surface area contributed by atoms with Gasteiger partial charge in [0.2, 0.25) is 10.0 Å². The number of hydrogen-bond acceptors (Lipinski definition) is 2. The molecule has 0 radical (unpaired) electrons. The number of benzene rings is 3. The number of aryl methyl sites for hydroxylation is 1. The van der Waals surface area contributed by atoms with E-state index in [2.05, 4.69) is 12.1 Å². The predicted molar refractivity (Wildman–Crippen MR) is 114 cm³/mol. The van der Waals surface area contributed by atoms with Gasteiger partial charge in [-0.15, -0.1) is 0 Å². The number of rotatable bonds is 5. The monoisotopic (exact) mass is 389 g/mol. The summed E-state index contributed by atoms with van der Waals surface area (Å²) in [5.41, 5.74) is 3.28. The van der Waals surface area contributed by atoms with Crippen molar-refractivity contribution < 1.29 is 8.42 Å². The van der Waals surface area contributed by atoms with Crippen molar-refractivity contribution in [3.8, 4) is 0 Å². The van der Waals surface area contributed by atoms with Crippen LogP contribution in [0.2, 0.25) is 0 Å². The number of sulfonamides is 1. The lowest BCUT2D eigenvalue weighted by Gasteiger charge is -2.45. The molecule has 0 amide bonds. The minimum atomic E-state index is -3.53. The lowest BCUT2D eigenvalue weighted by molar-refractivity contribution is 0.200. The zero-order valence-electron chi connectivity index (χ0n) is 15.8.